The van der Waals surface area contributed by atoms with Gasteiger partial charge in [0.2, 0.25) is 5.13 Å². The van der Waals surface area contributed by atoms with Crippen molar-refractivity contribution in [2.45, 2.75) is 35.4 Å². The van der Waals surface area contributed by atoms with Crippen LogP contribution in [0.15, 0.2) is 34.0 Å². The zero-order chi connectivity index (χ0) is 16.4. The summed E-state index contributed by atoms with van der Waals surface area (Å²) in [5.74, 6) is 0.829. The summed E-state index contributed by atoms with van der Waals surface area (Å²) < 4.78 is 0.991. The van der Waals surface area contributed by atoms with E-state index in [0.717, 1.165) is 37.4 Å². The number of thiazole rings is 1. The molecule has 4 rings (SSSR count). The Hall–Kier alpha value is -1.15. The van der Waals surface area contributed by atoms with Crippen LogP contribution in [-0.4, -0.2) is 21.2 Å². The molecule has 124 valence electrons. The van der Waals surface area contributed by atoms with E-state index >= 15 is 0 Å². The van der Waals surface area contributed by atoms with Crippen molar-refractivity contribution < 1.29 is 0 Å². The van der Waals surface area contributed by atoms with Gasteiger partial charge in [0.1, 0.15) is 0 Å². The van der Waals surface area contributed by atoms with Crippen molar-refractivity contribution in [1.29, 1.82) is 0 Å². The number of halogens is 1. The average molecular weight is 395 g/mol. The van der Waals surface area contributed by atoms with Gasteiger partial charge in [-0.1, -0.05) is 46.8 Å². The molecule has 1 N–H and O–H groups in total. The second-order valence-electron chi connectivity index (χ2n) is 5.62. The number of nitrogens with zero attached hydrogens (tertiary/aromatic N) is 3. The molecule has 0 radical (unpaired) electrons. The second kappa shape index (κ2) is 7.39. The second-order valence-corrected chi connectivity index (χ2v) is 9.20. The average Bonchev–Trinajstić information content (AvgIpc) is 3.09. The monoisotopic (exact) mass is 394 g/mol. The molecule has 0 saturated heterocycles. The van der Waals surface area contributed by atoms with Crippen LogP contribution in [0.4, 0.5) is 5.13 Å². The fraction of sp³-hybridized carbons (Fsp3) is 0.312. The molecule has 1 fully saturated rings. The summed E-state index contributed by atoms with van der Waals surface area (Å²) in [6.45, 7) is 0. The summed E-state index contributed by atoms with van der Waals surface area (Å²) in [5.41, 5.74) is 2.33. The van der Waals surface area contributed by atoms with Crippen LogP contribution in [0, 0.1) is 0 Å². The predicted octanol–water partition coefficient (Wildman–Crippen LogP) is 5.11. The van der Waals surface area contributed by atoms with Gasteiger partial charge in [-0.2, -0.15) is 0 Å². The molecular weight excluding hydrogens is 380 g/mol. The van der Waals surface area contributed by atoms with Gasteiger partial charge < -0.3 is 5.32 Å². The Balaban J connectivity index is 1.31. The first-order valence-corrected chi connectivity index (χ1v) is 10.7. The Labute approximate surface area is 157 Å². The normalized spacial score (nSPS) is 14.0. The first-order valence-electron chi connectivity index (χ1n) is 7.65. The molecular formula is C16H15ClN4S3. The maximum absolute atomic E-state index is 5.92. The van der Waals surface area contributed by atoms with E-state index in [0.29, 0.717) is 6.04 Å². The van der Waals surface area contributed by atoms with Crippen molar-refractivity contribution in [3.63, 3.8) is 0 Å². The molecule has 1 aromatic carbocycles. The fourth-order valence-corrected chi connectivity index (χ4v) is 4.92. The number of anilines is 1. The van der Waals surface area contributed by atoms with E-state index in [-0.39, 0.29) is 0 Å². The van der Waals surface area contributed by atoms with Crippen molar-refractivity contribution in [3.8, 4) is 0 Å². The summed E-state index contributed by atoms with van der Waals surface area (Å²) in [4.78, 5) is 4.71. The fourth-order valence-electron chi connectivity index (χ4n) is 2.14. The third kappa shape index (κ3) is 4.47. The summed E-state index contributed by atoms with van der Waals surface area (Å²) in [6.07, 6.45) is 3.34. The quantitative estimate of drug-likeness (QED) is 0.564. The smallest absolute Gasteiger partial charge is 0.206 e. The van der Waals surface area contributed by atoms with Crippen LogP contribution >= 0.6 is 46.0 Å². The Kier molecular flexibility index (Phi) is 5.03. The Bertz CT molecular complexity index is 811. The Morgan fingerprint density at radius 3 is 2.83 bits per heavy atom. The van der Waals surface area contributed by atoms with Crippen molar-refractivity contribution in [3.05, 3.63) is 50.9 Å². The van der Waals surface area contributed by atoms with Crippen molar-refractivity contribution in [2.24, 2.45) is 0 Å². The topological polar surface area (TPSA) is 50.7 Å². The first kappa shape index (κ1) is 16.3. The lowest BCUT2D eigenvalue weighted by molar-refractivity contribution is 0.993. The van der Waals surface area contributed by atoms with Crippen LogP contribution in [0.25, 0.3) is 0 Å². The third-order valence-electron chi connectivity index (χ3n) is 3.52. The molecule has 1 aliphatic rings. The summed E-state index contributed by atoms with van der Waals surface area (Å²) in [5, 5.41) is 16.7. The lowest BCUT2D eigenvalue weighted by Gasteiger charge is -1.98. The highest BCUT2D eigenvalue weighted by Crippen LogP contribution is 2.32. The lowest BCUT2D eigenvalue weighted by atomic mass is 10.2. The van der Waals surface area contributed by atoms with E-state index in [1.165, 1.54) is 18.4 Å². The molecule has 0 bridgehead atoms. The highest BCUT2D eigenvalue weighted by Gasteiger charge is 2.22. The summed E-state index contributed by atoms with van der Waals surface area (Å²) in [6, 6.07) is 8.56. The largest absolute Gasteiger partial charge is 0.357 e. The van der Waals surface area contributed by atoms with Gasteiger partial charge in [0.25, 0.3) is 0 Å². The van der Waals surface area contributed by atoms with Crippen LogP contribution in [0.3, 0.4) is 0 Å². The summed E-state index contributed by atoms with van der Waals surface area (Å²) in [7, 11) is 0. The number of aromatic nitrogens is 3. The van der Waals surface area contributed by atoms with Crippen LogP contribution in [0.1, 0.15) is 29.1 Å². The standard InChI is InChI=1S/C16H15ClN4S3/c17-11-3-1-10(2-4-11)7-14-18-13(8-22-14)9-23-16-21-20-15(24-16)19-12-5-6-12/h1-4,8,12H,5-7,9H2,(H,19,20). The molecule has 4 nitrogen and oxygen atoms in total. The molecule has 2 heterocycles. The van der Waals surface area contributed by atoms with Gasteiger partial charge >= 0.3 is 0 Å². The Morgan fingerprint density at radius 2 is 2.04 bits per heavy atom. The molecule has 24 heavy (non-hydrogen) atoms. The van der Waals surface area contributed by atoms with Gasteiger partial charge in [0, 0.05) is 28.6 Å². The molecule has 1 aliphatic carbocycles. The molecule has 0 aliphatic heterocycles. The van der Waals surface area contributed by atoms with Gasteiger partial charge in [0.15, 0.2) is 4.34 Å². The molecule has 0 atom stereocenters. The van der Waals surface area contributed by atoms with Gasteiger partial charge in [-0.25, -0.2) is 4.98 Å². The van der Waals surface area contributed by atoms with Crippen molar-refractivity contribution in [2.75, 3.05) is 5.32 Å². The molecule has 0 spiro atoms. The minimum Gasteiger partial charge on any atom is -0.357 e. The minimum absolute atomic E-state index is 0.616. The molecule has 2 aromatic heterocycles. The number of rotatable bonds is 7. The van der Waals surface area contributed by atoms with Crippen LogP contribution < -0.4 is 5.32 Å². The van der Waals surface area contributed by atoms with Crippen LogP contribution in [0.5, 0.6) is 0 Å². The van der Waals surface area contributed by atoms with Gasteiger partial charge in [-0.05, 0) is 30.5 Å². The Morgan fingerprint density at radius 1 is 1.21 bits per heavy atom. The van der Waals surface area contributed by atoms with Crippen LogP contribution in [0.2, 0.25) is 5.02 Å². The van der Waals surface area contributed by atoms with E-state index in [1.807, 2.05) is 24.3 Å². The van der Waals surface area contributed by atoms with Gasteiger partial charge in [-0.15, -0.1) is 21.5 Å². The molecule has 0 unspecified atom stereocenters. The van der Waals surface area contributed by atoms with Crippen LogP contribution in [-0.2, 0) is 12.2 Å². The maximum atomic E-state index is 5.92. The van der Waals surface area contributed by atoms with Gasteiger partial charge in [-0.3, -0.25) is 0 Å². The maximum Gasteiger partial charge on any atom is 0.206 e. The van der Waals surface area contributed by atoms with E-state index in [4.69, 9.17) is 16.6 Å². The molecule has 3 aromatic rings. The SMILES string of the molecule is Clc1ccc(Cc2nc(CSc3nnc(NC4CC4)s3)cs2)cc1. The van der Waals surface area contributed by atoms with E-state index in [1.54, 1.807) is 34.4 Å². The number of benzene rings is 1. The van der Waals surface area contributed by atoms with E-state index in [2.05, 4.69) is 20.9 Å². The first-order chi connectivity index (χ1) is 11.7. The predicted molar refractivity (Wildman–Crippen MR) is 102 cm³/mol. The number of hydrogen-bond acceptors (Lipinski definition) is 7. The number of thioether (sulfide) groups is 1. The minimum atomic E-state index is 0.616. The number of nitrogens with one attached hydrogen (secondary N) is 1. The van der Waals surface area contributed by atoms with Crippen molar-refractivity contribution in [1.82, 2.24) is 15.2 Å². The third-order valence-corrected chi connectivity index (χ3v) is 6.69. The summed E-state index contributed by atoms with van der Waals surface area (Å²) >= 11 is 10.9. The highest BCUT2D eigenvalue weighted by molar-refractivity contribution is 8.00. The van der Waals surface area contributed by atoms with Gasteiger partial charge in [0.05, 0.1) is 10.7 Å². The highest BCUT2D eigenvalue weighted by atomic mass is 35.5. The van der Waals surface area contributed by atoms with E-state index < -0.39 is 0 Å². The zero-order valence-electron chi connectivity index (χ0n) is 12.7. The molecule has 8 heteroatoms. The number of hydrogen-bond donors (Lipinski definition) is 1. The lowest BCUT2D eigenvalue weighted by Crippen LogP contribution is -1.99. The van der Waals surface area contributed by atoms with Crippen molar-refractivity contribution >= 4 is 51.2 Å². The zero-order valence-corrected chi connectivity index (χ0v) is 15.9. The van der Waals surface area contributed by atoms with E-state index in [9.17, 15) is 0 Å². The molecule has 1 saturated carbocycles. The molecule has 0 amide bonds.